The Morgan fingerprint density at radius 1 is 0.962 bits per heavy atom. The molecule has 1 heterocycles. The molecule has 4 aromatic rings. The fourth-order valence-electron chi connectivity index (χ4n) is 3.03. The third-order valence-electron chi connectivity index (χ3n) is 4.34. The van der Waals surface area contributed by atoms with E-state index < -0.39 is 0 Å². The molecule has 3 aromatic carbocycles. The van der Waals surface area contributed by atoms with E-state index >= 15 is 0 Å². The first-order valence-electron chi connectivity index (χ1n) is 8.61. The predicted molar refractivity (Wildman–Crippen MR) is 106 cm³/mol. The average molecular weight is 344 g/mol. The number of benzene rings is 3. The number of phenols is 1. The Morgan fingerprint density at radius 2 is 1.69 bits per heavy atom. The lowest BCUT2D eigenvalue weighted by Crippen LogP contribution is -2.25. The van der Waals surface area contributed by atoms with Crippen LogP contribution in [-0.2, 0) is 0 Å². The van der Waals surface area contributed by atoms with Gasteiger partial charge in [-0.25, -0.2) is 9.97 Å². The lowest BCUT2D eigenvalue weighted by molar-refractivity contribution is 0.483. The Labute approximate surface area is 151 Å². The average Bonchev–Trinajstić information content (AvgIpc) is 2.66. The molecule has 0 amide bonds. The van der Waals surface area contributed by atoms with Gasteiger partial charge in [0.15, 0.2) is 5.82 Å². The van der Waals surface area contributed by atoms with Crippen LogP contribution in [0.3, 0.4) is 0 Å². The highest BCUT2D eigenvalue weighted by Gasteiger charge is 2.14. The third kappa shape index (κ3) is 2.93. The molecule has 0 spiro atoms. The lowest BCUT2D eigenvalue weighted by atomic mass is 10.0. The first-order valence-corrected chi connectivity index (χ1v) is 8.61. The number of anilines is 1. The van der Waals surface area contributed by atoms with Crippen molar-refractivity contribution >= 4 is 27.5 Å². The van der Waals surface area contributed by atoms with Gasteiger partial charge in [-0.1, -0.05) is 42.5 Å². The number of nitrogens with two attached hydrogens (primary N) is 1. The van der Waals surface area contributed by atoms with Crippen molar-refractivity contribution < 1.29 is 5.11 Å². The molecule has 0 saturated carbocycles. The number of fused-ring (bicyclic) bond motifs is 2. The zero-order valence-corrected chi connectivity index (χ0v) is 14.5. The molecule has 1 atom stereocenters. The molecule has 5 nitrogen and oxygen atoms in total. The van der Waals surface area contributed by atoms with Crippen LogP contribution in [-0.4, -0.2) is 27.7 Å². The summed E-state index contributed by atoms with van der Waals surface area (Å²) in [6.45, 7) is 2.54. The van der Waals surface area contributed by atoms with Crippen molar-refractivity contribution in [1.29, 1.82) is 0 Å². The molecule has 0 aliphatic carbocycles. The number of rotatable bonds is 4. The van der Waals surface area contributed by atoms with Gasteiger partial charge in [0, 0.05) is 23.4 Å². The second-order valence-electron chi connectivity index (χ2n) is 6.45. The monoisotopic (exact) mass is 344 g/mol. The van der Waals surface area contributed by atoms with Gasteiger partial charge in [0.1, 0.15) is 11.6 Å². The minimum Gasteiger partial charge on any atom is -0.507 e. The van der Waals surface area contributed by atoms with Crippen LogP contribution in [0.5, 0.6) is 5.75 Å². The Hall–Kier alpha value is -3.18. The predicted octanol–water partition coefficient (Wildman–Crippen LogP) is 3.91. The largest absolute Gasteiger partial charge is 0.507 e. The SMILES string of the molecule is CC(N)CNc1nc(-c2ccc3ccccc3c2O)nc2ccccc12. The maximum absolute atomic E-state index is 10.8. The van der Waals surface area contributed by atoms with Crippen LogP contribution in [0.2, 0.25) is 0 Å². The highest BCUT2D eigenvalue weighted by Crippen LogP contribution is 2.35. The van der Waals surface area contributed by atoms with E-state index in [4.69, 9.17) is 5.73 Å². The van der Waals surface area contributed by atoms with Gasteiger partial charge in [0.25, 0.3) is 0 Å². The molecule has 0 aliphatic heterocycles. The summed E-state index contributed by atoms with van der Waals surface area (Å²) in [6.07, 6.45) is 0. The number of aromatic hydroxyl groups is 1. The van der Waals surface area contributed by atoms with Gasteiger partial charge >= 0.3 is 0 Å². The van der Waals surface area contributed by atoms with Crippen LogP contribution < -0.4 is 11.1 Å². The van der Waals surface area contributed by atoms with Gasteiger partial charge < -0.3 is 16.2 Å². The van der Waals surface area contributed by atoms with Gasteiger partial charge in [0.05, 0.1) is 11.1 Å². The smallest absolute Gasteiger partial charge is 0.165 e. The Kier molecular flexibility index (Phi) is 4.14. The first-order chi connectivity index (χ1) is 12.6. The van der Waals surface area contributed by atoms with Crippen molar-refractivity contribution in [3.05, 3.63) is 60.7 Å². The number of para-hydroxylation sites is 1. The van der Waals surface area contributed by atoms with Crippen LogP contribution in [0, 0.1) is 0 Å². The van der Waals surface area contributed by atoms with Crippen molar-refractivity contribution in [2.45, 2.75) is 13.0 Å². The summed E-state index contributed by atoms with van der Waals surface area (Å²) in [5.74, 6) is 1.39. The zero-order valence-electron chi connectivity index (χ0n) is 14.5. The molecule has 0 bridgehead atoms. The summed E-state index contributed by atoms with van der Waals surface area (Å²) in [5, 5.41) is 16.7. The Morgan fingerprint density at radius 3 is 2.50 bits per heavy atom. The van der Waals surface area contributed by atoms with E-state index in [1.54, 1.807) is 0 Å². The van der Waals surface area contributed by atoms with Crippen LogP contribution in [0.15, 0.2) is 60.7 Å². The maximum Gasteiger partial charge on any atom is 0.165 e. The highest BCUT2D eigenvalue weighted by molar-refractivity contribution is 5.95. The summed E-state index contributed by atoms with van der Waals surface area (Å²) in [5.41, 5.74) is 7.30. The maximum atomic E-state index is 10.8. The lowest BCUT2D eigenvalue weighted by Gasteiger charge is -2.13. The number of nitrogens with one attached hydrogen (secondary N) is 1. The molecule has 4 rings (SSSR count). The molecule has 26 heavy (non-hydrogen) atoms. The van der Waals surface area contributed by atoms with E-state index in [-0.39, 0.29) is 11.8 Å². The topological polar surface area (TPSA) is 84.1 Å². The van der Waals surface area contributed by atoms with Crippen LogP contribution in [0.4, 0.5) is 5.82 Å². The Bertz CT molecular complexity index is 1090. The summed E-state index contributed by atoms with van der Waals surface area (Å²) in [4.78, 5) is 9.33. The normalized spacial score (nSPS) is 12.4. The van der Waals surface area contributed by atoms with Gasteiger partial charge in [0.2, 0.25) is 0 Å². The zero-order chi connectivity index (χ0) is 18.1. The first kappa shape index (κ1) is 16.3. The van der Waals surface area contributed by atoms with Gasteiger partial charge in [-0.05, 0) is 30.5 Å². The number of phenolic OH excluding ortho intramolecular Hbond substituents is 1. The summed E-state index contributed by atoms with van der Waals surface area (Å²) < 4.78 is 0. The number of hydrogen-bond donors (Lipinski definition) is 3. The van der Waals surface area contributed by atoms with E-state index in [0.29, 0.717) is 17.9 Å². The highest BCUT2D eigenvalue weighted by atomic mass is 16.3. The molecule has 4 N–H and O–H groups in total. The van der Waals surface area contributed by atoms with Gasteiger partial charge in [-0.15, -0.1) is 0 Å². The number of hydrogen-bond acceptors (Lipinski definition) is 5. The summed E-state index contributed by atoms with van der Waals surface area (Å²) in [6, 6.07) is 19.4. The van der Waals surface area contributed by atoms with E-state index in [0.717, 1.165) is 27.5 Å². The quantitative estimate of drug-likeness (QED) is 0.523. The number of nitrogens with zero attached hydrogens (tertiary/aromatic N) is 2. The molecular weight excluding hydrogens is 324 g/mol. The molecule has 0 aliphatic rings. The van der Waals surface area contributed by atoms with Gasteiger partial charge in [-0.2, -0.15) is 0 Å². The molecular formula is C21H20N4O. The molecule has 0 saturated heterocycles. The summed E-state index contributed by atoms with van der Waals surface area (Å²) >= 11 is 0. The van der Waals surface area contributed by atoms with Crippen molar-refractivity contribution in [2.75, 3.05) is 11.9 Å². The van der Waals surface area contributed by atoms with Crippen molar-refractivity contribution in [3.8, 4) is 17.1 Å². The summed E-state index contributed by atoms with van der Waals surface area (Å²) in [7, 11) is 0. The van der Waals surface area contributed by atoms with Crippen LogP contribution in [0.25, 0.3) is 33.1 Å². The molecule has 0 radical (unpaired) electrons. The minimum absolute atomic E-state index is 0.00116. The van der Waals surface area contributed by atoms with Crippen molar-refractivity contribution in [2.24, 2.45) is 5.73 Å². The van der Waals surface area contributed by atoms with Crippen molar-refractivity contribution in [3.63, 3.8) is 0 Å². The van der Waals surface area contributed by atoms with Crippen LogP contribution in [0.1, 0.15) is 6.92 Å². The molecule has 0 fully saturated rings. The molecule has 1 aromatic heterocycles. The molecule has 5 heteroatoms. The van der Waals surface area contributed by atoms with E-state index in [1.807, 2.05) is 67.6 Å². The Balaban J connectivity index is 1.90. The second-order valence-corrected chi connectivity index (χ2v) is 6.45. The van der Waals surface area contributed by atoms with E-state index in [2.05, 4.69) is 15.3 Å². The number of aromatic nitrogens is 2. The molecule has 1 unspecified atom stereocenters. The standard InChI is InChI=1S/C21H20N4O/c1-13(22)12-23-20-16-8-4-5-9-18(16)24-21(25-20)17-11-10-14-6-2-3-7-15(14)19(17)26/h2-11,13,26H,12,22H2,1H3,(H,23,24,25). The minimum atomic E-state index is 0.00116. The molecule has 130 valence electrons. The van der Waals surface area contributed by atoms with Crippen LogP contribution >= 0.6 is 0 Å². The fraction of sp³-hybridized carbons (Fsp3) is 0.143. The van der Waals surface area contributed by atoms with E-state index in [1.165, 1.54) is 0 Å². The fourth-order valence-corrected chi connectivity index (χ4v) is 3.03. The third-order valence-corrected chi connectivity index (χ3v) is 4.34. The van der Waals surface area contributed by atoms with E-state index in [9.17, 15) is 5.11 Å². The van der Waals surface area contributed by atoms with Crippen molar-refractivity contribution in [1.82, 2.24) is 9.97 Å². The van der Waals surface area contributed by atoms with Gasteiger partial charge in [-0.3, -0.25) is 0 Å². The second kappa shape index (κ2) is 6.61.